The van der Waals surface area contributed by atoms with E-state index in [9.17, 15) is 19.2 Å². The Kier molecular flexibility index (Phi) is 10.4. The molecule has 2 amide bonds. The van der Waals surface area contributed by atoms with Crippen molar-refractivity contribution in [3.8, 4) is 0 Å². The maximum atomic E-state index is 16.7. The van der Waals surface area contributed by atoms with Crippen molar-refractivity contribution in [2.75, 3.05) is 0 Å². The van der Waals surface area contributed by atoms with Crippen LogP contribution in [0.4, 0.5) is 14.0 Å². The third-order valence-corrected chi connectivity index (χ3v) is 4.62. The zero-order chi connectivity index (χ0) is 27.0. The fraction of sp³-hybridized carbons (Fsp3) is 0.615. The second-order valence-electron chi connectivity index (χ2n) is 10.5. The molecule has 0 radical (unpaired) electrons. The number of halogens is 1. The van der Waals surface area contributed by atoms with Crippen LogP contribution >= 0.6 is 0 Å². The van der Waals surface area contributed by atoms with E-state index in [1.165, 1.54) is 41.5 Å². The number of nitrogens with zero attached hydrogens (tertiary/aromatic N) is 1. The number of imide groups is 1. The normalized spacial score (nSPS) is 14.3. The van der Waals surface area contributed by atoms with Gasteiger partial charge in [0.05, 0.1) is 0 Å². The summed E-state index contributed by atoms with van der Waals surface area (Å²) in [5.74, 6) is -5.61. The van der Waals surface area contributed by atoms with E-state index in [0.29, 0.717) is 5.56 Å². The minimum absolute atomic E-state index is 0.0315. The topological polar surface area (TPSA) is 99.2 Å². The minimum atomic E-state index is -3.28. The number of carbonyl (C=O) groups excluding carboxylic acids is 4. The Balaban J connectivity index is 3.45. The van der Waals surface area contributed by atoms with Crippen LogP contribution in [0, 0.1) is 5.92 Å². The van der Waals surface area contributed by atoms with E-state index < -0.39 is 47.5 Å². The average Bonchev–Trinajstić information content (AvgIpc) is 2.69. The molecule has 0 aromatic heterocycles. The molecule has 196 valence electrons. The molecule has 0 bridgehead atoms. The highest BCUT2D eigenvalue weighted by Gasteiger charge is 2.55. The lowest BCUT2D eigenvalue weighted by Gasteiger charge is -2.36. The number of hydrogen-bond donors (Lipinski definition) is 0. The van der Waals surface area contributed by atoms with Crippen molar-refractivity contribution in [1.29, 1.82) is 0 Å². The van der Waals surface area contributed by atoms with Crippen molar-refractivity contribution in [2.24, 2.45) is 5.92 Å². The quantitative estimate of drug-likeness (QED) is 0.237. The number of rotatable bonds is 9. The summed E-state index contributed by atoms with van der Waals surface area (Å²) < 4.78 is 32.5. The van der Waals surface area contributed by atoms with Crippen LogP contribution in [-0.2, 0) is 30.4 Å². The SMILES string of the molecule is CCC(=O)CC(C)CC(F)(C(=O)OCc1ccccc1)N(C(=O)OC(C)(C)C)C(=O)OC(C)(C)C. The van der Waals surface area contributed by atoms with Gasteiger partial charge in [0, 0.05) is 19.3 Å². The number of carbonyl (C=O) groups is 4. The minimum Gasteiger partial charge on any atom is -0.457 e. The van der Waals surface area contributed by atoms with E-state index in [1.54, 1.807) is 44.2 Å². The van der Waals surface area contributed by atoms with Gasteiger partial charge < -0.3 is 14.2 Å². The number of esters is 1. The molecule has 8 nitrogen and oxygen atoms in total. The van der Waals surface area contributed by atoms with Gasteiger partial charge in [-0.15, -0.1) is 0 Å². The molecular formula is C26H38FNO7. The number of amides is 2. The van der Waals surface area contributed by atoms with Gasteiger partial charge in [0.2, 0.25) is 0 Å². The molecule has 0 aliphatic heterocycles. The van der Waals surface area contributed by atoms with Crippen molar-refractivity contribution >= 4 is 23.9 Å². The molecule has 1 aromatic rings. The number of benzene rings is 1. The Morgan fingerprint density at radius 1 is 0.914 bits per heavy atom. The second-order valence-corrected chi connectivity index (χ2v) is 10.5. The molecule has 0 aliphatic rings. The zero-order valence-electron chi connectivity index (χ0n) is 22.0. The summed E-state index contributed by atoms with van der Waals surface area (Å²) in [5, 5.41) is 0. The number of alkyl halides is 1. The van der Waals surface area contributed by atoms with Gasteiger partial charge in [-0.05, 0) is 53.0 Å². The van der Waals surface area contributed by atoms with Gasteiger partial charge in [0.15, 0.2) is 0 Å². The predicted octanol–water partition coefficient (Wildman–Crippen LogP) is 5.96. The van der Waals surface area contributed by atoms with Crippen molar-refractivity contribution in [3.63, 3.8) is 0 Å². The van der Waals surface area contributed by atoms with Crippen LogP contribution in [0.3, 0.4) is 0 Å². The second kappa shape index (κ2) is 12.1. The standard InChI is InChI=1S/C26H38FNO7/c1-9-20(29)15-18(2)16-26(27,21(30)33-17-19-13-11-10-12-14-19)28(22(31)34-24(3,4)5)23(32)35-25(6,7)8/h10-14,18H,9,15-17H2,1-8H3. The molecule has 0 saturated heterocycles. The summed E-state index contributed by atoms with van der Waals surface area (Å²) in [7, 11) is 0. The van der Waals surface area contributed by atoms with Gasteiger partial charge in [-0.3, -0.25) is 4.79 Å². The molecule has 9 heteroatoms. The predicted molar refractivity (Wildman–Crippen MR) is 128 cm³/mol. The Labute approximate surface area is 207 Å². The van der Waals surface area contributed by atoms with Crippen molar-refractivity contribution in [2.45, 2.75) is 98.3 Å². The maximum Gasteiger partial charge on any atom is 0.423 e. The van der Waals surface area contributed by atoms with E-state index in [-0.39, 0.29) is 30.1 Å². The number of hydrogen-bond acceptors (Lipinski definition) is 7. The summed E-state index contributed by atoms with van der Waals surface area (Å²) in [6.45, 7) is 12.1. The molecule has 0 fully saturated rings. The lowest BCUT2D eigenvalue weighted by atomic mass is 9.93. The van der Waals surface area contributed by atoms with Crippen LogP contribution in [0.2, 0.25) is 0 Å². The van der Waals surface area contributed by atoms with Gasteiger partial charge in [-0.2, -0.15) is 4.90 Å². The molecule has 1 rings (SSSR count). The molecule has 2 unspecified atom stereocenters. The van der Waals surface area contributed by atoms with Gasteiger partial charge in [-0.25, -0.2) is 18.8 Å². The Morgan fingerprint density at radius 3 is 1.83 bits per heavy atom. The number of Topliss-reactive ketones (excluding diaryl/α,β-unsaturated/α-hetero) is 1. The first-order valence-corrected chi connectivity index (χ1v) is 11.7. The first kappa shape index (κ1) is 30.1. The highest BCUT2D eigenvalue weighted by atomic mass is 19.1. The molecule has 35 heavy (non-hydrogen) atoms. The van der Waals surface area contributed by atoms with Crippen LogP contribution in [-0.4, -0.2) is 45.8 Å². The van der Waals surface area contributed by atoms with E-state index in [4.69, 9.17) is 14.2 Å². The van der Waals surface area contributed by atoms with E-state index in [2.05, 4.69) is 0 Å². The third kappa shape index (κ3) is 10.0. The fourth-order valence-corrected chi connectivity index (χ4v) is 3.15. The molecular weight excluding hydrogens is 457 g/mol. The highest BCUT2D eigenvalue weighted by molar-refractivity contribution is 5.95. The summed E-state index contributed by atoms with van der Waals surface area (Å²) in [6.07, 6.45) is -3.31. The largest absolute Gasteiger partial charge is 0.457 e. The molecule has 1 aromatic carbocycles. The first-order valence-electron chi connectivity index (χ1n) is 11.7. The van der Waals surface area contributed by atoms with Gasteiger partial charge in [0.1, 0.15) is 23.6 Å². The van der Waals surface area contributed by atoms with Gasteiger partial charge in [-0.1, -0.05) is 44.2 Å². The van der Waals surface area contributed by atoms with Crippen LogP contribution in [0.15, 0.2) is 30.3 Å². The smallest absolute Gasteiger partial charge is 0.423 e. The van der Waals surface area contributed by atoms with Crippen molar-refractivity contribution in [1.82, 2.24) is 4.90 Å². The Bertz CT molecular complexity index is 861. The van der Waals surface area contributed by atoms with Crippen LogP contribution in [0.5, 0.6) is 0 Å². The van der Waals surface area contributed by atoms with E-state index in [0.717, 1.165) is 0 Å². The molecule has 0 N–H and O–H groups in total. The Morgan fingerprint density at radius 2 is 1.40 bits per heavy atom. The van der Waals surface area contributed by atoms with Crippen LogP contribution in [0.25, 0.3) is 0 Å². The summed E-state index contributed by atoms with van der Waals surface area (Å²) in [6, 6.07) is 8.56. The van der Waals surface area contributed by atoms with Crippen LogP contribution < -0.4 is 0 Å². The van der Waals surface area contributed by atoms with Gasteiger partial charge >= 0.3 is 18.2 Å². The van der Waals surface area contributed by atoms with E-state index in [1.807, 2.05) is 0 Å². The summed E-state index contributed by atoms with van der Waals surface area (Å²) >= 11 is 0. The average molecular weight is 496 g/mol. The van der Waals surface area contributed by atoms with Crippen molar-refractivity contribution < 1.29 is 37.8 Å². The van der Waals surface area contributed by atoms with E-state index >= 15 is 4.39 Å². The first-order chi connectivity index (χ1) is 16.0. The number of ketones is 1. The van der Waals surface area contributed by atoms with Crippen molar-refractivity contribution in [3.05, 3.63) is 35.9 Å². The molecule has 0 aliphatic carbocycles. The summed E-state index contributed by atoms with van der Waals surface area (Å²) in [4.78, 5) is 51.3. The zero-order valence-corrected chi connectivity index (χ0v) is 22.0. The molecule has 0 heterocycles. The summed E-state index contributed by atoms with van der Waals surface area (Å²) in [5.41, 5.74) is -1.62. The monoisotopic (exact) mass is 495 g/mol. The Hall–Kier alpha value is -2.97. The molecule has 0 saturated carbocycles. The van der Waals surface area contributed by atoms with Gasteiger partial charge in [0.25, 0.3) is 5.79 Å². The fourth-order valence-electron chi connectivity index (χ4n) is 3.15. The maximum absolute atomic E-state index is 16.7. The third-order valence-electron chi connectivity index (χ3n) is 4.62. The molecule has 2 atom stereocenters. The highest BCUT2D eigenvalue weighted by Crippen LogP contribution is 2.33. The number of ether oxygens (including phenoxy) is 3. The lowest BCUT2D eigenvalue weighted by molar-refractivity contribution is -0.175. The molecule has 0 spiro atoms. The lowest BCUT2D eigenvalue weighted by Crippen LogP contribution is -2.59. The van der Waals surface area contributed by atoms with Crippen LogP contribution in [0.1, 0.15) is 80.2 Å².